The quantitative estimate of drug-likeness (QED) is 0.750. The second kappa shape index (κ2) is 11.4. The summed E-state index contributed by atoms with van der Waals surface area (Å²) >= 11 is 0. The zero-order chi connectivity index (χ0) is 18.6. The van der Waals surface area contributed by atoms with Crippen LogP contribution >= 0.6 is 24.8 Å². The summed E-state index contributed by atoms with van der Waals surface area (Å²) < 4.78 is 5.61. The van der Waals surface area contributed by atoms with E-state index in [1.54, 1.807) is 0 Å². The molecule has 3 rings (SSSR count). The van der Waals surface area contributed by atoms with Gasteiger partial charge in [-0.25, -0.2) is 0 Å². The number of halogens is 2. The summed E-state index contributed by atoms with van der Waals surface area (Å²) in [6, 6.07) is 8.51. The van der Waals surface area contributed by atoms with Crippen LogP contribution in [-0.4, -0.2) is 42.1 Å². The molecule has 2 aliphatic rings. The van der Waals surface area contributed by atoms with Crippen molar-refractivity contribution < 1.29 is 9.53 Å². The van der Waals surface area contributed by atoms with Gasteiger partial charge in [0.25, 0.3) is 0 Å². The average Bonchev–Trinajstić information content (AvgIpc) is 2.60. The van der Waals surface area contributed by atoms with Crippen LogP contribution in [0.5, 0.6) is 0 Å². The number of nitrogens with two attached hydrogens (primary N) is 1. The number of ether oxygens (including phenoxy) is 1. The van der Waals surface area contributed by atoms with Gasteiger partial charge in [0, 0.05) is 31.7 Å². The van der Waals surface area contributed by atoms with Crippen molar-refractivity contribution in [3.8, 4) is 0 Å². The Morgan fingerprint density at radius 2 is 2.07 bits per heavy atom. The number of carbonyl (C=O) groups excluding carboxylic acids is 1. The lowest BCUT2D eigenvalue weighted by Gasteiger charge is -2.37. The first-order valence-corrected chi connectivity index (χ1v) is 9.92. The fourth-order valence-electron chi connectivity index (χ4n) is 4.23. The number of rotatable bonds is 5. The normalized spacial score (nSPS) is 28.0. The molecule has 1 amide bonds. The Kier molecular flexibility index (Phi) is 10.2. The molecular formula is C21H35Cl2N3O2. The average molecular weight is 432 g/mol. The maximum atomic E-state index is 12.6. The zero-order valence-electron chi connectivity index (χ0n) is 17.0. The lowest BCUT2D eigenvalue weighted by Crippen LogP contribution is -2.52. The van der Waals surface area contributed by atoms with Gasteiger partial charge in [0.1, 0.15) is 0 Å². The SMILES string of the molecule is CC1CN(Cc2cccc(CNC(=O)C3CCCCC3(C)N)c2)CCO1.Cl.Cl. The maximum absolute atomic E-state index is 12.6. The molecule has 0 aromatic heterocycles. The summed E-state index contributed by atoms with van der Waals surface area (Å²) in [6.45, 7) is 8.38. The number of benzene rings is 1. The van der Waals surface area contributed by atoms with E-state index < -0.39 is 0 Å². The van der Waals surface area contributed by atoms with Gasteiger partial charge in [0.05, 0.1) is 18.6 Å². The number of amides is 1. The van der Waals surface area contributed by atoms with Crippen molar-refractivity contribution in [1.29, 1.82) is 0 Å². The Morgan fingerprint density at radius 1 is 1.32 bits per heavy atom. The summed E-state index contributed by atoms with van der Waals surface area (Å²) in [5, 5.41) is 3.11. The van der Waals surface area contributed by atoms with Crippen LogP contribution in [0.2, 0.25) is 0 Å². The molecule has 5 nitrogen and oxygen atoms in total. The van der Waals surface area contributed by atoms with E-state index in [1.165, 1.54) is 5.56 Å². The van der Waals surface area contributed by atoms with Crippen molar-refractivity contribution >= 4 is 30.7 Å². The Morgan fingerprint density at radius 3 is 2.79 bits per heavy atom. The third-order valence-corrected chi connectivity index (χ3v) is 5.76. The first-order valence-electron chi connectivity index (χ1n) is 9.92. The standard InChI is InChI=1S/C21H33N3O2.2ClH/c1-16-14-24(10-11-26-16)15-18-7-5-6-17(12-18)13-23-20(25)19-8-3-4-9-21(19,2)22;;/h5-7,12,16,19H,3-4,8-11,13-15,22H2,1-2H3,(H,23,25);2*1H. The van der Waals surface area contributed by atoms with Crippen molar-refractivity contribution in [2.45, 2.75) is 64.3 Å². The maximum Gasteiger partial charge on any atom is 0.225 e. The van der Waals surface area contributed by atoms with Crippen molar-refractivity contribution in [3.05, 3.63) is 35.4 Å². The van der Waals surface area contributed by atoms with E-state index in [9.17, 15) is 4.79 Å². The molecular weight excluding hydrogens is 397 g/mol. The monoisotopic (exact) mass is 431 g/mol. The van der Waals surface area contributed by atoms with Gasteiger partial charge in [-0.1, -0.05) is 37.1 Å². The van der Waals surface area contributed by atoms with E-state index in [0.717, 1.165) is 57.5 Å². The molecule has 1 aliphatic heterocycles. The second-order valence-corrected chi connectivity index (χ2v) is 8.26. The number of carbonyl (C=O) groups is 1. The molecule has 1 saturated carbocycles. The number of hydrogen-bond donors (Lipinski definition) is 2. The van der Waals surface area contributed by atoms with Gasteiger partial charge in [-0.05, 0) is 37.8 Å². The van der Waals surface area contributed by atoms with E-state index in [4.69, 9.17) is 10.5 Å². The third-order valence-electron chi connectivity index (χ3n) is 5.76. The largest absolute Gasteiger partial charge is 0.376 e. The molecule has 0 spiro atoms. The van der Waals surface area contributed by atoms with Crippen LogP contribution in [0.25, 0.3) is 0 Å². The van der Waals surface area contributed by atoms with E-state index >= 15 is 0 Å². The van der Waals surface area contributed by atoms with Crippen molar-refractivity contribution in [2.75, 3.05) is 19.7 Å². The minimum Gasteiger partial charge on any atom is -0.376 e. The van der Waals surface area contributed by atoms with E-state index in [2.05, 4.69) is 41.4 Å². The molecule has 1 heterocycles. The Hall–Kier alpha value is -0.850. The van der Waals surface area contributed by atoms with Crippen LogP contribution in [0.3, 0.4) is 0 Å². The molecule has 1 aromatic rings. The summed E-state index contributed by atoms with van der Waals surface area (Å²) in [5.74, 6) is 0.0244. The summed E-state index contributed by atoms with van der Waals surface area (Å²) in [4.78, 5) is 15.0. The fourth-order valence-corrected chi connectivity index (χ4v) is 4.23. The molecule has 7 heteroatoms. The van der Waals surface area contributed by atoms with Crippen LogP contribution < -0.4 is 11.1 Å². The number of morpholine rings is 1. The Balaban J connectivity index is 0.00000196. The number of hydrogen-bond acceptors (Lipinski definition) is 4. The van der Waals surface area contributed by atoms with Crippen LogP contribution in [0.4, 0.5) is 0 Å². The predicted molar refractivity (Wildman–Crippen MR) is 118 cm³/mol. The minimum absolute atomic E-state index is 0. The van der Waals surface area contributed by atoms with Gasteiger partial charge in [-0.2, -0.15) is 0 Å². The van der Waals surface area contributed by atoms with Gasteiger partial charge >= 0.3 is 0 Å². The lowest BCUT2D eigenvalue weighted by atomic mass is 9.74. The summed E-state index contributed by atoms with van der Waals surface area (Å²) in [5.41, 5.74) is 8.41. The summed E-state index contributed by atoms with van der Waals surface area (Å²) in [6.07, 6.45) is 4.34. The highest BCUT2D eigenvalue weighted by molar-refractivity contribution is 5.85. The van der Waals surface area contributed by atoms with Gasteiger partial charge in [0.15, 0.2) is 0 Å². The van der Waals surface area contributed by atoms with Crippen LogP contribution in [-0.2, 0) is 22.6 Å². The van der Waals surface area contributed by atoms with Gasteiger partial charge in [-0.3, -0.25) is 9.69 Å². The lowest BCUT2D eigenvalue weighted by molar-refractivity contribution is -0.128. The van der Waals surface area contributed by atoms with Crippen molar-refractivity contribution in [3.63, 3.8) is 0 Å². The van der Waals surface area contributed by atoms with Crippen LogP contribution in [0.1, 0.15) is 50.7 Å². The van der Waals surface area contributed by atoms with Gasteiger partial charge in [0.2, 0.25) is 5.91 Å². The first-order chi connectivity index (χ1) is 12.4. The highest BCUT2D eigenvalue weighted by Crippen LogP contribution is 2.31. The van der Waals surface area contributed by atoms with Gasteiger partial charge < -0.3 is 15.8 Å². The smallest absolute Gasteiger partial charge is 0.225 e. The minimum atomic E-state index is -0.378. The topological polar surface area (TPSA) is 67.6 Å². The third kappa shape index (κ3) is 6.89. The Labute approximate surface area is 181 Å². The number of nitrogens with zero attached hydrogens (tertiary/aromatic N) is 1. The summed E-state index contributed by atoms with van der Waals surface area (Å²) in [7, 11) is 0. The van der Waals surface area contributed by atoms with Crippen molar-refractivity contribution in [1.82, 2.24) is 10.2 Å². The molecule has 3 unspecified atom stereocenters. The second-order valence-electron chi connectivity index (χ2n) is 8.26. The molecule has 3 atom stereocenters. The van der Waals surface area contributed by atoms with Crippen LogP contribution in [0, 0.1) is 5.92 Å². The molecule has 2 fully saturated rings. The highest BCUT2D eigenvalue weighted by Gasteiger charge is 2.37. The van der Waals surface area contributed by atoms with E-state index in [1.807, 2.05) is 6.92 Å². The van der Waals surface area contributed by atoms with E-state index in [-0.39, 0.29) is 42.2 Å². The zero-order valence-corrected chi connectivity index (χ0v) is 18.6. The number of nitrogens with one attached hydrogen (secondary N) is 1. The fraction of sp³-hybridized carbons (Fsp3) is 0.667. The first kappa shape index (κ1) is 25.2. The molecule has 0 radical (unpaired) electrons. The molecule has 160 valence electrons. The van der Waals surface area contributed by atoms with Crippen LogP contribution in [0.15, 0.2) is 24.3 Å². The van der Waals surface area contributed by atoms with Gasteiger partial charge in [-0.15, -0.1) is 24.8 Å². The highest BCUT2D eigenvalue weighted by atomic mass is 35.5. The molecule has 28 heavy (non-hydrogen) atoms. The molecule has 1 saturated heterocycles. The van der Waals surface area contributed by atoms with E-state index in [0.29, 0.717) is 12.6 Å². The molecule has 1 aromatic carbocycles. The Bertz CT molecular complexity index is 627. The molecule has 3 N–H and O–H groups in total. The van der Waals surface area contributed by atoms with Crippen molar-refractivity contribution in [2.24, 2.45) is 11.7 Å². The predicted octanol–water partition coefficient (Wildman–Crippen LogP) is 3.27. The molecule has 0 bridgehead atoms. The molecule has 1 aliphatic carbocycles.